The monoisotopic (exact) mass is 315 g/mol. The summed E-state index contributed by atoms with van der Waals surface area (Å²) >= 11 is 0. The molecule has 2 N–H and O–H groups in total. The summed E-state index contributed by atoms with van der Waals surface area (Å²) in [5.41, 5.74) is 8.57. The molecular weight excluding hydrogens is 302 g/mol. The molecule has 4 heteroatoms. The van der Waals surface area contributed by atoms with Gasteiger partial charge in [-0.05, 0) is 24.3 Å². The first-order valence-electron chi connectivity index (χ1n) is 7.71. The molecule has 4 nitrogen and oxygen atoms in total. The molecule has 1 spiro atoms. The van der Waals surface area contributed by atoms with Crippen LogP contribution in [0.2, 0.25) is 0 Å². The molecule has 2 heterocycles. The van der Waals surface area contributed by atoms with Crippen molar-refractivity contribution in [3.05, 3.63) is 89.0 Å². The molecular formula is C20H13NO3. The first kappa shape index (κ1) is 13.2. The summed E-state index contributed by atoms with van der Waals surface area (Å²) in [5.74, 6) is 0.926. The fraction of sp³-hybridized carbons (Fsp3) is 0.0500. The van der Waals surface area contributed by atoms with Crippen LogP contribution in [0.4, 0.5) is 5.69 Å². The average Bonchev–Trinajstić information content (AvgIpc) is 2.89. The predicted molar refractivity (Wildman–Crippen MR) is 89.1 cm³/mol. The molecule has 0 saturated heterocycles. The molecule has 0 amide bonds. The molecule has 0 radical (unpaired) electrons. The van der Waals surface area contributed by atoms with Gasteiger partial charge in [-0.25, -0.2) is 4.79 Å². The van der Waals surface area contributed by atoms with Gasteiger partial charge in [-0.1, -0.05) is 42.5 Å². The van der Waals surface area contributed by atoms with Crippen molar-refractivity contribution in [2.45, 2.75) is 5.60 Å². The number of nitrogens with two attached hydrogens (primary N) is 1. The number of carbonyl (C=O) groups excluding carboxylic acids is 1. The highest BCUT2D eigenvalue weighted by Gasteiger charge is 2.54. The number of hydrogen-bond donors (Lipinski definition) is 1. The summed E-state index contributed by atoms with van der Waals surface area (Å²) in [7, 11) is 0. The van der Waals surface area contributed by atoms with E-state index in [0.717, 1.165) is 11.1 Å². The van der Waals surface area contributed by atoms with Gasteiger partial charge in [0.1, 0.15) is 11.5 Å². The maximum atomic E-state index is 12.6. The number of benzene rings is 3. The van der Waals surface area contributed by atoms with Gasteiger partial charge in [0.15, 0.2) is 5.60 Å². The van der Waals surface area contributed by atoms with E-state index in [9.17, 15) is 4.79 Å². The normalized spacial score (nSPS) is 19.9. The lowest BCUT2D eigenvalue weighted by Crippen LogP contribution is -2.33. The Balaban J connectivity index is 1.96. The minimum Gasteiger partial charge on any atom is -0.456 e. The maximum absolute atomic E-state index is 12.6. The molecule has 2 aliphatic rings. The topological polar surface area (TPSA) is 61.5 Å². The third-order valence-corrected chi connectivity index (χ3v) is 4.67. The molecule has 1 atom stereocenters. The third-order valence-electron chi connectivity index (χ3n) is 4.67. The van der Waals surface area contributed by atoms with E-state index in [0.29, 0.717) is 28.3 Å². The Morgan fingerprint density at radius 1 is 0.792 bits per heavy atom. The highest BCUT2D eigenvalue weighted by Crippen LogP contribution is 2.57. The summed E-state index contributed by atoms with van der Waals surface area (Å²) in [6, 6.07) is 20.5. The lowest BCUT2D eigenvalue weighted by atomic mass is 9.77. The van der Waals surface area contributed by atoms with Crippen LogP contribution in [0.5, 0.6) is 11.5 Å². The Labute approximate surface area is 138 Å². The average molecular weight is 315 g/mol. The van der Waals surface area contributed by atoms with Gasteiger partial charge in [0, 0.05) is 16.8 Å². The van der Waals surface area contributed by atoms with Gasteiger partial charge in [-0.2, -0.15) is 0 Å². The predicted octanol–water partition coefficient (Wildman–Crippen LogP) is 3.84. The Morgan fingerprint density at radius 2 is 1.50 bits per heavy atom. The van der Waals surface area contributed by atoms with Gasteiger partial charge in [0.05, 0.1) is 11.1 Å². The van der Waals surface area contributed by atoms with Crippen molar-refractivity contribution in [1.29, 1.82) is 0 Å². The van der Waals surface area contributed by atoms with Crippen molar-refractivity contribution in [2.24, 2.45) is 0 Å². The van der Waals surface area contributed by atoms with E-state index in [1.165, 1.54) is 0 Å². The largest absolute Gasteiger partial charge is 0.456 e. The molecule has 0 bridgehead atoms. The van der Waals surface area contributed by atoms with E-state index >= 15 is 0 Å². The van der Waals surface area contributed by atoms with Crippen molar-refractivity contribution >= 4 is 11.7 Å². The summed E-state index contributed by atoms with van der Waals surface area (Å²) in [4.78, 5) is 12.6. The Kier molecular flexibility index (Phi) is 2.41. The van der Waals surface area contributed by atoms with Crippen LogP contribution in [-0.4, -0.2) is 5.97 Å². The number of fused-ring (bicyclic) bond motifs is 6. The number of anilines is 1. The summed E-state index contributed by atoms with van der Waals surface area (Å²) in [6.07, 6.45) is 0. The zero-order valence-electron chi connectivity index (χ0n) is 12.7. The molecule has 3 aromatic rings. The molecule has 116 valence electrons. The maximum Gasteiger partial charge on any atom is 0.340 e. The fourth-order valence-electron chi connectivity index (χ4n) is 3.71. The fourth-order valence-corrected chi connectivity index (χ4v) is 3.71. The van der Waals surface area contributed by atoms with Gasteiger partial charge in [-0.15, -0.1) is 0 Å². The number of rotatable bonds is 0. The quantitative estimate of drug-likeness (QED) is 0.506. The van der Waals surface area contributed by atoms with Crippen molar-refractivity contribution in [3.63, 3.8) is 0 Å². The Bertz CT molecular complexity index is 1010. The minimum atomic E-state index is -1.07. The first-order valence-corrected chi connectivity index (χ1v) is 7.71. The van der Waals surface area contributed by atoms with E-state index in [1.807, 2.05) is 54.6 Å². The second-order valence-corrected chi connectivity index (χ2v) is 5.93. The van der Waals surface area contributed by atoms with Gasteiger partial charge in [0.2, 0.25) is 0 Å². The molecule has 24 heavy (non-hydrogen) atoms. The summed E-state index contributed by atoms with van der Waals surface area (Å²) < 4.78 is 12.0. The second kappa shape index (κ2) is 4.38. The summed E-state index contributed by atoms with van der Waals surface area (Å²) in [5, 5.41) is 0. The van der Waals surface area contributed by atoms with E-state index in [2.05, 4.69) is 0 Å². The first-order chi connectivity index (χ1) is 11.7. The third kappa shape index (κ3) is 1.45. The lowest BCUT2D eigenvalue weighted by Gasteiger charge is -2.37. The molecule has 0 aromatic heterocycles. The number of hydrogen-bond acceptors (Lipinski definition) is 4. The number of ether oxygens (including phenoxy) is 2. The van der Waals surface area contributed by atoms with Crippen LogP contribution in [0.15, 0.2) is 66.7 Å². The standard InChI is InChI=1S/C20H13NO3/c21-15-9-5-11-17-18(15)20(14-8-3-4-10-16(14)23-17)13-7-2-1-6-12(13)19(22)24-20/h1-11H,21H2. The van der Waals surface area contributed by atoms with Crippen molar-refractivity contribution in [3.8, 4) is 11.5 Å². The van der Waals surface area contributed by atoms with Crippen LogP contribution in [0.3, 0.4) is 0 Å². The van der Waals surface area contributed by atoms with E-state index < -0.39 is 5.60 Å². The number of nitrogen functional groups attached to an aromatic ring is 1. The zero-order valence-corrected chi connectivity index (χ0v) is 12.7. The molecule has 2 aliphatic heterocycles. The van der Waals surface area contributed by atoms with Crippen LogP contribution in [-0.2, 0) is 10.3 Å². The van der Waals surface area contributed by atoms with E-state index in [-0.39, 0.29) is 5.97 Å². The molecule has 0 saturated carbocycles. The zero-order chi connectivity index (χ0) is 16.3. The molecule has 5 rings (SSSR count). The van der Waals surface area contributed by atoms with Crippen molar-refractivity contribution in [2.75, 3.05) is 5.73 Å². The second-order valence-electron chi connectivity index (χ2n) is 5.93. The van der Waals surface area contributed by atoms with Gasteiger partial charge in [-0.3, -0.25) is 0 Å². The van der Waals surface area contributed by atoms with Gasteiger partial charge >= 0.3 is 5.97 Å². The number of esters is 1. The smallest absolute Gasteiger partial charge is 0.340 e. The van der Waals surface area contributed by atoms with Crippen molar-refractivity contribution in [1.82, 2.24) is 0 Å². The Hall–Kier alpha value is -3.27. The van der Waals surface area contributed by atoms with Gasteiger partial charge < -0.3 is 15.2 Å². The highest BCUT2D eigenvalue weighted by molar-refractivity contribution is 5.97. The molecule has 0 aliphatic carbocycles. The minimum absolute atomic E-state index is 0.350. The summed E-state index contributed by atoms with van der Waals surface area (Å²) in [6.45, 7) is 0. The number of carbonyl (C=O) groups is 1. The van der Waals surface area contributed by atoms with Crippen LogP contribution < -0.4 is 10.5 Å². The van der Waals surface area contributed by atoms with E-state index in [4.69, 9.17) is 15.2 Å². The van der Waals surface area contributed by atoms with Gasteiger partial charge in [0.25, 0.3) is 0 Å². The lowest BCUT2D eigenvalue weighted by molar-refractivity contribution is 0.0227. The van der Waals surface area contributed by atoms with Crippen LogP contribution >= 0.6 is 0 Å². The molecule has 1 unspecified atom stereocenters. The Morgan fingerprint density at radius 3 is 2.38 bits per heavy atom. The number of para-hydroxylation sites is 1. The van der Waals surface area contributed by atoms with Crippen LogP contribution in [0.1, 0.15) is 27.0 Å². The highest BCUT2D eigenvalue weighted by atomic mass is 16.6. The van der Waals surface area contributed by atoms with E-state index in [1.54, 1.807) is 12.1 Å². The SMILES string of the molecule is Nc1cccc2c1C1(OC(=O)c3ccccc31)c1ccccc1O2. The van der Waals surface area contributed by atoms with Crippen LogP contribution in [0, 0.1) is 0 Å². The molecule has 3 aromatic carbocycles. The molecule has 0 fully saturated rings. The van der Waals surface area contributed by atoms with Crippen LogP contribution in [0.25, 0.3) is 0 Å². The van der Waals surface area contributed by atoms with Crippen molar-refractivity contribution < 1.29 is 14.3 Å².